The van der Waals surface area contributed by atoms with Crippen molar-refractivity contribution >= 4 is 0 Å². The third-order valence-electron chi connectivity index (χ3n) is 3.83. The maximum Gasteiger partial charge on any atom is 0.0494 e. The van der Waals surface area contributed by atoms with Gasteiger partial charge in [-0.05, 0) is 50.5 Å². The summed E-state index contributed by atoms with van der Waals surface area (Å²) in [6, 6.07) is 0.702. The van der Waals surface area contributed by atoms with Crippen molar-refractivity contribution in [3.05, 3.63) is 0 Å². The Bertz CT molecular complexity index is 180. The van der Waals surface area contributed by atoms with Gasteiger partial charge in [0, 0.05) is 19.3 Å². The van der Waals surface area contributed by atoms with Gasteiger partial charge in [0.15, 0.2) is 0 Å². The fourth-order valence-electron chi connectivity index (χ4n) is 2.06. The molecule has 0 heterocycles. The number of hydrogen-bond acceptors (Lipinski definition) is 2. The summed E-state index contributed by atoms with van der Waals surface area (Å²) < 4.78 is 5.64. The fraction of sp³-hybridized carbons (Fsp3) is 1.00. The SMILES string of the molecule is CCC(C)CC(CC)NCCCOCC1CC1. The van der Waals surface area contributed by atoms with Crippen LogP contribution in [0.2, 0.25) is 0 Å². The Morgan fingerprint density at radius 2 is 2.00 bits per heavy atom. The van der Waals surface area contributed by atoms with Crippen molar-refractivity contribution in [1.29, 1.82) is 0 Å². The quantitative estimate of drug-likeness (QED) is 0.558. The van der Waals surface area contributed by atoms with Crippen molar-refractivity contribution in [2.24, 2.45) is 11.8 Å². The summed E-state index contributed by atoms with van der Waals surface area (Å²) in [6.45, 7) is 9.96. The summed E-state index contributed by atoms with van der Waals surface area (Å²) in [5.74, 6) is 1.75. The Balaban J connectivity index is 1.90. The lowest BCUT2D eigenvalue weighted by Crippen LogP contribution is -2.31. The molecule has 1 rings (SSSR count). The van der Waals surface area contributed by atoms with E-state index in [1.807, 2.05) is 0 Å². The predicted molar refractivity (Wildman–Crippen MR) is 74.3 cm³/mol. The van der Waals surface area contributed by atoms with Gasteiger partial charge in [-0.1, -0.05) is 27.2 Å². The summed E-state index contributed by atoms with van der Waals surface area (Å²) in [4.78, 5) is 0. The molecule has 2 unspecified atom stereocenters. The molecule has 0 aromatic carbocycles. The summed E-state index contributed by atoms with van der Waals surface area (Å²) in [7, 11) is 0. The second-order valence-corrected chi connectivity index (χ2v) is 5.68. The average Bonchev–Trinajstić information content (AvgIpc) is 3.15. The molecule has 0 bridgehead atoms. The van der Waals surface area contributed by atoms with Crippen LogP contribution in [-0.2, 0) is 4.74 Å². The number of nitrogens with one attached hydrogen (secondary N) is 1. The molecule has 1 aliphatic rings. The molecule has 2 heteroatoms. The van der Waals surface area contributed by atoms with Gasteiger partial charge in [0.1, 0.15) is 0 Å². The number of rotatable bonds is 11. The van der Waals surface area contributed by atoms with E-state index in [4.69, 9.17) is 4.74 Å². The molecule has 0 radical (unpaired) electrons. The molecular formula is C15H31NO. The predicted octanol–water partition coefficient (Wildman–Crippen LogP) is 3.61. The van der Waals surface area contributed by atoms with Gasteiger partial charge in [-0.2, -0.15) is 0 Å². The van der Waals surface area contributed by atoms with Crippen LogP contribution < -0.4 is 5.32 Å². The van der Waals surface area contributed by atoms with Crippen LogP contribution in [0.25, 0.3) is 0 Å². The van der Waals surface area contributed by atoms with Crippen LogP contribution in [0.15, 0.2) is 0 Å². The molecule has 0 aromatic heterocycles. The lowest BCUT2D eigenvalue weighted by Gasteiger charge is -2.20. The van der Waals surface area contributed by atoms with Crippen molar-refractivity contribution in [2.75, 3.05) is 19.8 Å². The van der Waals surface area contributed by atoms with E-state index in [1.165, 1.54) is 32.1 Å². The minimum Gasteiger partial charge on any atom is -0.381 e. The van der Waals surface area contributed by atoms with E-state index in [9.17, 15) is 0 Å². The Kier molecular flexibility index (Phi) is 7.87. The molecule has 102 valence electrons. The van der Waals surface area contributed by atoms with Gasteiger partial charge in [0.25, 0.3) is 0 Å². The van der Waals surface area contributed by atoms with Gasteiger partial charge in [0.05, 0.1) is 0 Å². The molecule has 17 heavy (non-hydrogen) atoms. The van der Waals surface area contributed by atoms with Crippen LogP contribution >= 0.6 is 0 Å². The van der Waals surface area contributed by atoms with E-state index in [2.05, 4.69) is 26.1 Å². The van der Waals surface area contributed by atoms with E-state index in [-0.39, 0.29) is 0 Å². The Morgan fingerprint density at radius 3 is 2.59 bits per heavy atom. The van der Waals surface area contributed by atoms with Crippen molar-refractivity contribution in [3.8, 4) is 0 Å². The lowest BCUT2D eigenvalue weighted by atomic mass is 9.98. The van der Waals surface area contributed by atoms with Crippen LogP contribution in [-0.4, -0.2) is 25.8 Å². The molecular weight excluding hydrogens is 210 g/mol. The van der Waals surface area contributed by atoms with Crippen LogP contribution in [0.5, 0.6) is 0 Å². The molecule has 1 saturated carbocycles. The average molecular weight is 241 g/mol. The van der Waals surface area contributed by atoms with Gasteiger partial charge in [-0.15, -0.1) is 0 Å². The zero-order valence-electron chi connectivity index (χ0n) is 12.0. The summed E-state index contributed by atoms with van der Waals surface area (Å²) >= 11 is 0. The first-order valence-corrected chi connectivity index (χ1v) is 7.57. The first kappa shape index (κ1) is 15.0. The molecule has 0 spiro atoms. The molecule has 0 aromatic rings. The van der Waals surface area contributed by atoms with Gasteiger partial charge in [0.2, 0.25) is 0 Å². The van der Waals surface area contributed by atoms with Gasteiger partial charge in [-0.25, -0.2) is 0 Å². The second-order valence-electron chi connectivity index (χ2n) is 5.68. The zero-order chi connectivity index (χ0) is 12.5. The van der Waals surface area contributed by atoms with Crippen molar-refractivity contribution < 1.29 is 4.74 Å². The van der Waals surface area contributed by atoms with E-state index < -0.39 is 0 Å². The first-order valence-electron chi connectivity index (χ1n) is 7.57. The molecule has 1 aliphatic carbocycles. The Morgan fingerprint density at radius 1 is 1.24 bits per heavy atom. The van der Waals surface area contributed by atoms with E-state index >= 15 is 0 Å². The van der Waals surface area contributed by atoms with Crippen molar-refractivity contribution in [2.45, 2.75) is 65.3 Å². The third kappa shape index (κ3) is 7.77. The maximum absolute atomic E-state index is 5.64. The van der Waals surface area contributed by atoms with Crippen LogP contribution in [0.3, 0.4) is 0 Å². The van der Waals surface area contributed by atoms with Crippen LogP contribution in [0, 0.1) is 11.8 Å². The first-order chi connectivity index (χ1) is 8.26. The minimum atomic E-state index is 0.702. The topological polar surface area (TPSA) is 21.3 Å². The number of ether oxygens (including phenoxy) is 1. The maximum atomic E-state index is 5.64. The van der Waals surface area contributed by atoms with Crippen LogP contribution in [0.4, 0.5) is 0 Å². The molecule has 0 saturated heterocycles. The normalized spacial score (nSPS) is 19.2. The fourth-order valence-corrected chi connectivity index (χ4v) is 2.06. The minimum absolute atomic E-state index is 0.702. The van der Waals surface area contributed by atoms with E-state index in [0.29, 0.717) is 6.04 Å². The number of hydrogen-bond donors (Lipinski definition) is 1. The Hall–Kier alpha value is -0.0800. The van der Waals surface area contributed by atoms with Crippen LogP contribution in [0.1, 0.15) is 59.3 Å². The highest BCUT2D eigenvalue weighted by molar-refractivity contribution is 4.72. The van der Waals surface area contributed by atoms with Gasteiger partial charge in [-0.3, -0.25) is 0 Å². The highest BCUT2D eigenvalue weighted by Gasteiger charge is 2.20. The van der Waals surface area contributed by atoms with E-state index in [1.54, 1.807) is 0 Å². The lowest BCUT2D eigenvalue weighted by molar-refractivity contribution is 0.121. The molecule has 2 nitrogen and oxygen atoms in total. The largest absolute Gasteiger partial charge is 0.381 e. The van der Waals surface area contributed by atoms with Crippen molar-refractivity contribution in [1.82, 2.24) is 5.32 Å². The second kappa shape index (κ2) is 8.93. The Labute approximate surface area is 108 Å². The molecule has 2 atom stereocenters. The van der Waals surface area contributed by atoms with Crippen molar-refractivity contribution in [3.63, 3.8) is 0 Å². The molecule has 0 aliphatic heterocycles. The zero-order valence-corrected chi connectivity index (χ0v) is 12.0. The highest BCUT2D eigenvalue weighted by Crippen LogP contribution is 2.28. The summed E-state index contributed by atoms with van der Waals surface area (Å²) in [5.41, 5.74) is 0. The monoisotopic (exact) mass is 241 g/mol. The molecule has 1 N–H and O–H groups in total. The molecule has 1 fully saturated rings. The third-order valence-corrected chi connectivity index (χ3v) is 3.83. The van der Waals surface area contributed by atoms with E-state index in [0.717, 1.165) is 38.0 Å². The van der Waals surface area contributed by atoms with Gasteiger partial charge < -0.3 is 10.1 Å². The standard InChI is InChI=1S/C15H31NO/c1-4-13(3)11-15(5-2)16-9-6-10-17-12-14-7-8-14/h13-16H,4-12H2,1-3H3. The highest BCUT2D eigenvalue weighted by atomic mass is 16.5. The summed E-state index contributed by atoms with van der Waals surface area (Å²) in [6.07, 6.45) is 7.80. The summed E-state index contributed by atoms with van der Waals surface area (Å²) in [5, 5.41) is 3.66. The molecule has 0 amide bonds. The van der Waals surface area contributed by atoms with Gasteiger partial charge >= 0.3 is 0 Å². The smallest absolute Gasteiger partial charge is 0.0494 e.